The first-order chi connectivity index (χ1) is 11.1. The first-order valence-electron chi connectivity index (χ1n) is 7.59. The molecule has 0 bridgehead atoms. The van der Waals surface area contributed by atoms with Crippen LogP contribution in [0.3, 0.4) is 0 Å². The molecular weight excluding hydrogens is 294 g/mol. The van der Waals surface area contributed by atoms with Crippen molar-refractivity contribution in [3.8, 4) is 0 Å². The van der Waals surface area contributed by atoms with Gasteiger partial charge in [-0.05, 0) is 23.8 Å². The van der Waals surface area contributed by atoms with E-state index in [9.17, 15) is 15.3 Å². The summed E-state index contributed by atoms with van der Waals surface area (Å²) in [6, 6.07) is 15.5. The second-order valence-corrected chi connectivity index (χ2v) is 5.90. The Morgan fingerprint density at radius 3 is 2.57 bits per heavy atom. The molecule has 2 aromatic carbocycles. The van der Waals surface area contributed by atoms with Crippen LogP contribution < -0.4 is 0 Å². The molecule has 0 aliphatic carbocycles. The molecule has 4 atom stereocenters. The predicted octanol–water partition coefficient (Wildman–Crippen LogP) is 1.54. The average molecular weight is 311 g/mol. The number of hydrogen-bond donors (Lipinski definition) is 3. The van der Waals surface area contributed by atoms with E-state index in [4.69, 9.17) is 4.74 Å². The van der Waals surface area contributed by atoms with Gasteiger partial charge in [0.2, 0.25) is 0 Å². The van der Waals surface area contributed by atoms with Crippen LogP contribution in [0, 0.1) is 0 Å². The maximum Gasteiger partial charge on any atom is 0.113 e. The van der Waals surface area contributed by atoms with E-state index in [-0.39, 0.29) is 6.61 Å². The summed E-state index contributed by atoms with van der Waals surface area (Å²) in [5, 5.41) is 31.7. The van der Waals surface area contributed by atoms with Crippen LogP contribution in [0.1, 0.15) is 11.7 Å². The summed E-state index contributed by atoms with van der Waals surface area (Å²) >= 11 is 0. The van der Waals surface area contributed by atoms with Crippen LogP contribution in [-0.2, 0) is 4.74 Å². The van der Waals surface area contributed by atoms with Gasteiger partial charge in [0, 0.05) is 10.8 Å². The van der Waals surface area contributed by atoms with Crippen LogP contribution in [-0.4, -0.2) is 45.2 Å². The number of hydrogen-bond acceptors (Lipinski definition) is 5. The number of pyridine rings is 1. The molecule has 1 aliphatic heterocycles. The van der Waals surface area contributed by atoms with E-state index in [1.54, 1.807) is 0 Å². The van der Waals surface area contributed by atoms with Crippen molar-refractivity contribution < 1.29 is 20.1 Å². The highest BCUT2D eigenvalue weighted by atomic mass is 16.5. The highest BCUT2D eigenvalue weighted by molar-refractivity contribution is 5.94. The number of aliphatic hydroxyl groups excluding tert-OH is 3. The highest BCUT2D eigenvalue weighted by Gasteiger charge is 2.38. The van der Waals surface area contributed by atoms with Crippen molar-refractivity contribution in [3.05, 3.63) is 54.1 Å². The van der Waals surface area contributed by atoms with Gasteiger partial charge >= 0.3 is 0 Å². The monoisotopic (exact) mass is 311 g/mol. The zero-order valence-electron chi connectivity index (χ0n) is 12.3. The molecule has 1 saturated heterocycles. The maximum atomic E-state index is 10.3. The number of benzene rings is 2. The van der Waals surface area contributed by atoms with Crippen molar-refractivity contribution in [1.29, 1.82) is 0 Å². The third-order valence-corrected chi connectivity index (χ3v) is 4.40. The summed E-state index contributed by atoms with van der Waals surface area (Å²) in [4.78, 5) is 4.64. The van der Waals surface area contributed by atoms with Crippen LogP contribution in [0.25, 0.3) is 21.8 Å². The molecule has 0 saturated carbocycles. The molecule has 0 radical (unpaired) electrons. The molecule has 0 amide bonds. The van der Waals surface area contributed by atoms with Gasteiger partial charge < -0.3 is 20.1 Å². The number of aliphatic hydroxyl groups is 3. The van der Waals surface area contributed by atoms with Gasteiger partial charge in [0.25, 0.3) is 0 Å². The van der Waals surface area contributed by atoms with E-state index in [1.807, 2.05) is 48.5 Å². The molecule has 1 aliphatic rings. The zero-order valence-corrected chi connectivity index (χ0v) is 12.3. The van der Waals surface area contributed by atoms with Crippen molar-refractivity contribution in [1.82, 2.24) is 4.98 Å². The third-order valence-electron chi connectivity index (χ3n) is 4.40. The molecule has 3 N–H and O–H groups in total. The molecule has 5 heteroatoms. The van der Waals surface area contributed by atoms with Crippen molar-refractivity contribution >= 4 is 21.8 Å². The van der Waals surface area contributed by atoms with Crippen LogP contribution in [0.15, 0.2) is 48.5 Å². The van der Waals surface area contributed by atoms with E-state index < -0.39 is 24.4 Å². The third kappa shape index (κ3) is 2.38. The molecule has 1 fully saturated rings. The lowest BCUT2D eigenvalue weighted by Gasteiger charge is -2.35. The van der Waals surface area contributed by atoms with Crippen LogP contribution in [0.2, 0.25) is 0 Å². The van der Waals surface area contributed by atoms with E-state index in [1.165, 1.54) is 0 Å². The topological polar surface area (TPSA) is 82.8 Å². The van der Waals surface area contributed by atoms with Crippen molar-refractivity contribution in [3.63, 3.8) is 0 Å². The second-order valence-electron chi connectivity index (χ2n) is 5.90. The average Bonchev–Trinajstić information content (AvgIpc) is 2.58. The van der Waals surface area contributed by atoms with Gasteiger partial charge in [0.05, 0.1) is 17.6 Å². The summed E-state index contributed by atoms with van der Waals surface area (Å²) in [7, 11) is 0. The Morgan fingerprint density at radius 2 is 1.70 bits per heavy atom. The van der Waals surface area contributed by atoms with Gasteiger partial charge in [0.15, 0.2) is 0 Å². The molecule has 2 heterocycles. The molecule has 4 rings (SSSR count). The van der Waals surface area contributed by atoms with Gasteiger partial charge in [-0.2, -0.15) is 0 Å². The summed E-state index contributed by atoms with van der Waals surface area (Å²) in [5.41, 5.74) is 2.47. The summed E-state index contributed by atoms with van der Waals surface area (Å²) in [6.45, 7) is -0.0136. The highest BCUT2D eigenvalue weighted by Crippen LogP contribution is 2.34. The Hall–Kier alpha value is -2.05. The first-order valence-corrected chi connectivity index (χ1v) is 7.59. The van der Waals surface area contributed by atoms with Crippen molar-refractivity contribution in [2.24, 2.45) is 0 Å². The summed E-state index contributed by atoms with van der Waals surface area (Å²) < 4.78 is 5.59. The Kier molecular flexibility index (Phi) is 3.50. The number of rotatable bonds is 1. The molecule has 0 spiro atoms. The van der Waals surface area contributed by atoms with E-state index in [0.717, 1.165) is 27.4 Å². The van der Waals surface area contributed by atoms with E-state index in [2.05, 4.69) is 4.98 Å². The van der Waals surface area contributed by atoms with Gasteiger partial charge in [-0.15, -0.1) is 0 Å². The second kappa shape index (κ2) is 5.54. The largest absolute Gasteiger partial charge is 0.388 e. The molecular formula is C18H17NO4. The Labute approximate surface area is 132 Å². The smallest absolute Gasteiger partial charge is 0.113 e. The lowest BCUT2D eigenvalue weighted by Crippen LogP contribution is -2.49. The Morgan fingerprint density at radius 1 is 0.913 bits per heavy atom. The molecule has 3 aromatic rings. The van der Waals surface area contributed by atoms with Gasteiger partial charge in [-0.1, -0.05) is 30.3 Å². The Bertz CT molecular complexity index is 866. The lowest BCUT2D eigenvalue weighted by molar-refractivity contribution is -0.188. The molecule has 4 unspecified atom stereocenters. The Balaban J connectivity index is 1.88. The molecule has 23 heavy (non-hydrogen) atoms. The number of para-hydroxylation sites is 1. The van der Waals surface area contributed by atoms with Crippen LogP contribution in [0.5, 0.6) is 0 Å². The molecule has 5 nitrogen and oxygen atoms in total. The fourth-order valence-corrected chi connectivity index (χ4v) is 3.15. The quantitative estimate of drug-likeness (QED) is 0.594. The number of ether oxygens (including phenoxy) is 1. The lowest BCUT2D eigenvalue weighted by atomic mass is 9.92. The molecule has 118 valence electrons. The van der Waals surface area contributed by atoms with Crippen molar-refractivity contribution in [2.75, 3.05) is 6.61 Å². The van der Waals surface area contributed by atoms with E-state index >= 15 is 0 Å². The minimum absolute atomic E-state index is 0.0136. The van der Waals surface area contributed by atoms with E-state index in [0.29, 0.717) is 0 Å². The molecule has 1 aromatic heterocycles. The fraction of sp³-hybridized carbons (Fsp3) is 0.278. The van der Waals surface area contributed by atoms with Gasteiger partial charge in [-0.25, -0.2) is 4.98 Å². The number of nitrogens with zero attached hydrogens (tertiary/aromatic N) is 1. The SMILES string of the molecule is OC1COC(c2cccc3nc4ccccc4cc23)C(O)C1O. The predicted molar refractivity (Wildman–Crippen MR) is 86.0 cm³/mol. The zero-order chi connectivity index (χ0) is 16.0. The van der Waals surface area contributed by atoms with Crippen LogP contribution in [0.4, 0.5) is 0 Å². The summed E-state index contributed by atoms with van der Waals surface area (Å²) in [6.07, 6.45) is -4.18. The summed E-state index contributed by atoms with van der Waals surface area (Å²) in [5.74, 6) is 0. The van der Waals surface area contributed by atoms with Gasteiger partial charge in [-0.3, -0.25) is 0 Å². The fourth-order valence-electron chi connectivity index (χ4n) is 3.15. The van der Waals surface area contributed by atoms with Gasteiger partial charge in [0.1, 0.15) is 24.4 Å². The first kappa shape index (κ1) is 14.5. The number of fused-ring (bicyclic) bond motifs is 2. The normalized spacial score (nSPS) is 28.3. The maximum absolute atomic E-state index is 10.3. The minimum Gasteiger partial charge on any atom is -0.388 e. The standard InChI is InChI=1S/C18H17NO4/c20-15-9-23-18(17(22)16(15)21)11-5-3-7-14-12(11)8-10-4-1-2-6-13(10)19-14/h1-8,15-18,20-22H,9H2. The number of aromatic nitrogens is 1. The minimum atomic E-state index is -1.22. The van der Waals surface area contributed by atoms with Crippen molar-refractivity contribution in [2.45, 2.75) is 24.4 Å². The van der Waals surface area contributed by atoms with Crippen LogP contribution >= 0.6 is 0 Å².